The molecule has 0 radical (unpaired) electrons. The fourth-order valence-electron chi connectivity index (χ4n) is 3.58. The van der Waals surface area contributed by atoms with Crippen molar-refractivity contribution >= 4 is 28.9 Å². The van der Waals surface area contributed by atoms with Crippen LogP contribution in [0.25, 0.3) is 0 Å². The van der Waals surface area contributed by atoms with E-state index in [0.717, 1.165) is 32.0 Å². The average molecular weight is 383 g/mol. The molecule has 0 unspecified atom stereocenters. The quantitative estimate of drug-likeness (QED) is 0.882. The van der Waals surface area contributed by atoms with Crippen LogP contribution in [0, 0.1) is 11.7 Å². The Morgan fingerprint density at radius 2 is 1.64 bits per heavy atom. The van der Waals surface area contributed by atoms with Crippen molar-refractivity contribution in [2.45, 2.75) is 6.42 Å². The average Bonchev–Trinajstić information content (AvgIpc) is 3.12. The summed E-state index contributed by atoms with van der Waals surface area (Å²) < 4.78 is 18.4. The minimum absolute atomic E-state index is 0.130. The Labute approximate surface area is 162 Å². The second kappa shape index (κ2) is 7.98. The molecule has 1 N–H and O–H groups in total. The molecule has 28 heavy (non-hydrogen) atoms. The third-order valence-corrected chi connectivity index (χ3v) is 5.15. The van der Waals surface area contributed by atoms with Crippen molar-refractivity contribution in [3.8, 4) is 0 Å². The highest BCUT2D eigenvalue weighted by atomic mass is 19.1. The Bertz CT molecular complexity index is 848. The molecule has 2 fully saturated rings. The number of carbonyl (C=O) groups is 2. The molecule has 2 aromatic rings. The van der Waals surface area contributed by atoms with Crippen molar-refractivity contribution in [3.05, 3.63) is 54.3 Å². The maximum Gasteiger partial charge on any atom is 0.229 e. The number of morpholine rings is 1. The van der Waals surface area contributed by atoms with Gasteiger partial charge >= 0.3 is 0 Å². The van der Waals surface area contributed by atoms with Gasteiger partial charge in [-0.1, -0.05) is 0 Å². The van der Waals surface area contributed by atoms with E-state index in [1.807, 2.05) is 24.3 Å². The van der Waals surface area contributed by atoms with E-state index in [0.29, 0.717) is 17.9 Å². The van der Waals surface area contributed by atoms with E-state index in [-0.39, 0.29) is 24.1 Å². The van der Waals surface area contributed by atoms with Crippen molar-refractivity contribution in [1.29, 1.82) is 0 Å². The van der Waals surface area contributed by atoms with Crippen molar-refractivity contribution in [1.82, 2.24) is 0 Å². The smallest absolute Gasteiger partial charge is 0.229 e. The Morgan fingerprint density at radius 1 is 1.00 bits per heavy atom. The van der Waals surface area contributed by atoms with Crippen LogP contribution < -0.4 is 15.1 Å². The SMILES string of the molecule is O=C(Nc1ccc(N2CCOCC2)cc1)[C@@H]1CC(=O)N(c2ccc(F)cc2)C1. The first kappa shape index (κ1) is 18.4. The molecule has 0 spiro atoms. The summed E-state index contributed by atoms with van der Waals surface area (Å²) in [6.07, 6.45) is 0.148. The molecule has 0 aromatic heterocycles. The van der Waals surface area contributed by atoms with Crippen LogP contribution in [0.5, 0.6) is 0 Å². The second-order valence-electron chi connectivity index (χ2n) is 7.02. The summed E-state index contributed by atoms with van der Waals surface area (Å²) >= 11 is 0. The Hall–Kier alpha value is -2.93. The van der Waals surface area contributed by atoms with Crippen LogP contribution >= 0.6 is 0 Å². The van der Waals surface area contributed by atoms with Gasteiger partial charge in [0.25, 0.3) is 0 Å². The highest BCUT2D eigenvalue weighted by Crippen LogP contribution is 2.26. The monoisotopic (exact) mass is 383 g/mol. The summed E-state index contributed by atoms with van der Waals surface area (Å²) in [6, 6.07) is 13.4. The number of nitrogens with zero attached hydrogens (tertiary/aromatic N) is 2. The fraction of sp³-hybridized carbons (Fsp3) is 0.333. The third-order valence-electron chi connectivity index (χ3n) is 5.15. The van der Waals surface area contributed by atoms with E-state index in [1.54, 1.807) is 12.1 Å². The molecule has 2 aromatic carbocycles. The number of hydrogen-bond donors (Lipinski definition) is 1. The Kier molecular flexibility index (Phi) is 5.25. The number of carbonyl (C=O) groups excluding carboxylic acids is 2. The predicted octanol–water partition coefficient (Wildman–Crippen LogP) is 2.65. The summed E-state index contributed by atoms with van der Waals surface area (Å²) in [5.74, 6) is -1.10. The van der Waals surface area contributed by atoms with E-state index >= 15 is 0 Å². The van der Waals surface area contributed by atoms with Gasteiger partial charge in [0.2, 0.25) is 11.8 Å². The van der Waals surface area contributed by atoms with Gasteiger partial charge in [0.05, 0.1) is 19.1 Å². The number of ether oxygens (including phenoxy) is 1. The Morgan fingerprint density at radius 3 is 2.32 bits per heavy atom. The van der Waals surface area contributed by atoms with E-state index in [1.165, 1.54) is 17.0 Å². The zero-order chi connectivity index (χ0) is 19.5. The van der Waals surface area contributed by atoms with Gasteiger partial charge in [-0.15, -0.1) is 0 Å². The number of hydrogen-bond acceptors (Lipinski definition) is 4. The van der Waals surface area contributed by atoms with E-state index in [2.05, 4.69) is 10.2 Å². The first-order valence-electron chi connectivity index (χ1n) is 9.40. The molecule has 2 aliphatic heterocycles. The molecule has 146 valence electrons. The van der Waals surface area contributed by atoms with Crippen molar-refractivity contribution in [2.75, 3.05) is 48.0 Å². The molecule has 0 bridgehead atoms. The van der Waals surface area contributed by atoms with Crippen LogP contribution in [-0.4, -0.2) is 44.7 Å². The lowest BCUT2D eigenvalue weighted by atomic mass is 10.1. The van der Waals surface area contributed by atoms with Crippen LogP contribution in [0.2, 0.25) is 0 Å². The van der Waals surface area contributed by atoms with E-state index < -0.39 is 5.92 Å². The molecule has 2 heterocycles. The summed E-state index contributed by atoms with van der Waals surface area (Å²) in [6.45, 7) is 3.45. The minimum atomic E-state index is -0.434. The number of rotatable bonds is 4. The van der Waals surface area contributed by atoms with Gasteiger partial charge in [0.1, 0.15) is 5.82 Å². The zero-order valence-corrected chi connectivity index (χ0v) is 15.4. The molecular formula is C21H22FN3O3. The van der Waals surface area contributed by atoms with Gasteiger partial charge in [-0.25, -0.2) is 4.39 Å². The van der Waals surface area contributed by atoms with Crippen LogP contribution in [0.3, 0.4) is 0 Å². The molecule has 0 saturated carbocycles. The molecular weight excluding hydrogens is 361 g/mol. The van der Waals surface area contributed by atoms with Gasteiger partial charge in [-0.3, -0.25) is 9.59 Å². The minimum Gasteiger partial charge on any atom is -0.378 e. The number of halogens is 1. The lowest BCUT2D eigenvalue weighted by Gasteiger charge is -2.28. The first-order chi connectivity index (χ1) is 13.6. The summed E-state index contributed by atoms with van der Waals surface area (Å²) in [5.41, 5.74) is 2.41. The lowest BCUT2D eigenvalue weighted by Crippen LogP contribution is -2.36. The van der Waals surface area contributed by atoms with Crippen LogP contribution in [0.1, 0.15) is 6.42 Å². The van der Waals surface area contributed by atoms with E-state index in [4.69, 9.17) is 4.74 Å². The maximum atomic E-state index is 13.1. The van der Waals surface area contributed by atoms with Crippen molar-refractivity contribution in [3.63, 3.8) is 0 Å². The second-order valence-corrected chi connectivity index (χ2v) is 7.02. The van der Waals surface area contributed by atoms with Crippen LogP contribution in [0.4, 0.5) is 21.5 Å². The molecule has 2 aliphatic rings. The molecule has 7 heteroatoms. The summed E-state index contributed by atoms with van der Waals surface area (Å²) in [7, 11) is 0. The number of nitrogens with one attached hydrogen (secondary N) is 1. The standard InChI is InChI=1S/C21H22FN3O3/c22-16-1-5-19(6-2-16)25-14-15(13-20(25)26)21(27)23-17-3-7-18(8-4-17)24-9-11-28-12-10-24/h1-8,15H,9-14H2,(H,23,27)/t15-/m1/s1. The third kappa shape index (κ3) is 3.99. The molecule has 6 nitrogen and oxygen atoms in total. The van der Waals surface area contributed by atoms with Gasteiger partial charge in [0, 0.05) is 43.1 Å². The summed E-state index contributed by atoms with van der Waals surface area (Å²) in [4.78, 5) is 28.7. The largest absolute Gasteiger partial charge is 0.378 e. The van der Waals surface area contributed by atoms with Gasteiger partial charge in [-0.05, 0) is 48.5 Å². The molecule has 1 atom stereocenters. The molecule has 0 aliphatic carbocycles. The number of anilines is 3. The predicted molar refractivity (Wildman–Crippen MR) is 105 cm³/mol. The normalized spacial score (nSPS) is 19.8. The number of amides is 2. The fourth-order valence-corrected chi connectivity index (χ4v) is 3.58. The Balaban J connectivity index is 1.37. The number of benzene rings is 2. The molecule has 4 rings (SSSR count). The van der Waals surface area contributed by atoms with Gasteiger partial charge < -0.3 is 19.9 Å². The highest BCUT2D eigenvalue weighted by molar-refractivity contribution is 6.03. The lowest BCUT2D eigenvalue weighted by molar-refractivity contribution is -0.122. The highest BCUT2D eigenvalue weighted by Gasteiger charge is 2.35. The maximum absolute atomic E-state index is 13.1. The van der Waals surface area contributed by atoms with Crippen LogP contribution in [0.15, 0.2) is 48.5 Å². The van der Waals surface area contributed by atoms with Crippen molar-refractivity contribution < 1.29 is 18.7 Å². The molecule has 2 saturated heterocycles. The van der Waals surface area contributed by atoms with Crippen molar-refractivity contribution in [2.24, 2.45) is 5.92 Å². The first-order valence-corrected chi connectivity index (χ1v) is 9.40. The zero-order valence-electron chi connectivity index (χ0n) is 15.4. The van der Waals surface area contributed by atoms with Gasteiger partial charge in [-0.2, -0.15) is 0 Å². The van der Waals surface area contributed by atoms with Crippen LogP contribution in [-0.2, 0) is 14.3 Å². The topological polar surface area (TPSA) is 61.9 Å². The summed E-state index contributed by atoms with van der Waals surface area (Å²) in [5, 5.41) is 2.89. The molecule has 2 amide bonds. The van der Waals surface area contributed by atoms with Gasteiger partial charge in [0.15, 0.2) is 0 Å². The van der Waals surface area contributed by atoms with E-state index in [9.17, 15) is 14.0 Å².